The van der Waals surface area contributed by atoms with Crippen LogP contribution in [0.2, 0.25) is 0 Å². The maximum atomic E-state index is 13.4. The van der Waals surface area contributed by atoms with Crippen molar-refractivity contribution in [2.75, 3.05) is 10.6 Å². The molecule has 8 heteroatoms. The molecule has 1 aliphatic rings. The van der Waals surface area contributed by atoms with E-state index in [0.717, 1.165) is 25.7 Å². The molecule has 1 aliphatic carbocycles. The lowest BCUT2D eigenvalue weighted by atomic mass is 10.1. The third-order valence-corrected chi connectivity index (χ3v) is 6.47. The summed E-state index contributed by atoms with van der Waals surface area (Å²) in [6.07, 6.45) is 4.24. The van der Waals surface area contributed by atoms with Crippen LogP contribution in [0.15, 0.2) is 47.4 Å². The van der Waals surface area contributed by atoms with Crippen molar-refractivity contribution in [1.82, 2.24) is 4.72 Å². The quantitative estimate of drug-likeness (QED) is 0.626. The van der Waals surface area contributed by atoms with Crippen molar-refractivity contribution in [3.8, 4) is 0 Å². The summed E-state index contributed by atoms with van der Waals surface area (Å²) in [4.78, 5) is 12.8. The van der Waals surface area contributed by atoms with Crippen LogP contribution in [-0.2, 0) is 10.0 Å². The lowest BCUT2D eigenvalue weighted by molar-refractivity contribution is 0.102. The van der Waals surface area contributed by atoms with Gasteiger partial charge in [0.1, 0.15) is 5.82 Å². The number of nitrogens with one attached hydrogen (secondary N) is 3. The lowest BCUT2D eigenvalue weighted by Crippen LogP contribution is -2.40. The zero-order valence-electron chi connectivity index (χ0n) is 17.5. The standard InChI is InChI=1S/C22H28FN3O3S/c1-22(2,3)26-30(28,29)20-12-15(11-19(14-20)24-17-8-4-5-9-17)21(27)25-18-10-6-7-16(23)13-18/h6-7,10-14,17,24,26H,4-5,8-9H2,1-3H3,(H,25,27). The molecule has 3 rings (SSSR count). The number of hydrogen-bond donors (Lipinski definition) is 3. The Morgan fingerprint density at radius 1 is 1.03 bits per heavy atom. The molecule has 0 heterocycles. The van der Waals surface area contributed by atoms with E-state index in [1.807, 2.05) is 0 Å². The first-order valence-corrected chi connectivity index (χ1v) is 11.5. The van der Waals surface area contributed by atoms with Crippen LogP contribution in [0.5, 0.6) is 0 Å². The highest BCUT2D eigenvalue weighted by Crippen LogP contribution is 2.26. The molecule has 3 N–H and O–H groups in total. The second-order valence-corrected chi connectivity index (χ2v) is 10.4. The van der Waals surface area contributed by atoms with Gasteiger partial charge in [0.25, 0.3) is 5.91 Å². The van der Waals surface area contributed by atoms with Crippen LogP contribution in [0.1, 0.15) is 56.8 Å². The van der Waals surface area contributed by atoms with Crippen LogP contribution >= 0.6 is 0 Å². The van der Waals surface area contributed by atoms with E-state index < -0.39 is 27.3 Å². The molecule has 1 fully saturated rings. The molecule has 0 radical (unpaired) electrons. The molecule has 0 aliphatic heterocycles. The molecule has 1 saturated carbocycles. The minimum absolute atomic E-state index is 0.00446. The molecule has 6 nitrogen and oxygen atoms in total. The Balaban J connectivity index is 1.95. The number of halogens is 1. The zero-order valence-corrected chi connectivity index (χ0v) is 18.3. The van der Waals surface area contributed by atoms with Gasteiger partial charge in [-0.05, 0) is 70.0 Å². The predicted octanol–water partition coefficient (Wildman–Crippen LogP) is 4.51. The number of amides is 1. The molecule has 0 atom stereocenters. The Hall–Kier alpha value is -2.45. The Morgan fingerprint density at radius 3 is 2.37 bits per heavy atom. The molecule has 0 spiro atoms. The maximum Gasteiger partial charge on any atom is 0.255 e. The summed E-state index contributed by atoms with van der Waals surface area (Å²) in [5.74, 6) is -0.982. The van der Waals surface area contributed by atoms with Crippen molar-refractivity contribution in [1.29, 1.82) is 0 Å². The maximum absolute atomic E-state index is 13.4. The molecule has 2 aromatic carbocycles. The van der Waals surface area contributed by atoms with Crippen molar-refractivity contribution in [3.63, 3.8) is 0 Å². The fourth-order valence-corrected chi connectivity index (χ4v) is 4.99. The second-order valence-electron chi connectivity index (χ2n) is 8.69. The zero-order chi connectivity index (χ0) is 21.9. The summed E-state index contributed by atoms with van der Waals surface area (Å²) in [7, 11) is -3.84. The number of carbonyl (C=O) groups is 1. The molecule has 0 unspecified atom stereocenters. The molecule has 1 amide bonds. The third-order valence-electron chi connectivity index (χ3n) is 4.73. The summed E-state index contributed by atoms with van der Waals surface area (Å²) in [5.41, 5.74) is 0.378. The van der Waals surface area contributed by atoms with E-state index in [2.05, 4.69) is 15.4 Å². The second kappa shape index (κ2) is 8.73. The molecule has 30 heavy (non-hydrogen) atoms. The first kappa shape index (κ1) is 22.2. The minimum atomic E-state index is -3.84. The number of benzene rings is 2. The van der Waals surface area contributed by atoms with Crippen molar-refractivity contribution in [2.24, 2.45) is 0 Å². The van der Waals surface area contributed by atoms with Gasteiger partial charge in [0.2, 0.25) is 10.0 Å². The summed E-state index contributed by atoms with van der Waals surface area (Å²) in [5, 5.41) is 5.98. The fraction of sp³-hybridized carbons (Fsp3) is 0.409. The molecule has 2 aromatic rings. The third kappa shape index (κ3) is 6.03. The molecule has 0 saturated heterocycles. The number of carbonyl (C=O) groups excluding carboxylic acids is 1. The SMILES string of the molecule is CC(C)(C)NS(=O)(=O)c1cc(NC2CCCC2)cc(C(=O)Nc2cccc(F)c2)c1. The number of hydrogen-bond acceptors (Lipinski definition) is 4. The van der Waals surface area contributed by atoms with E-state index in [0.29, 0.717) is 11.4 Å². The first-order valence-electron chi connectivity index (χ1n) is 10.0. The topological polar surface area (TPSA) is 87.3 Å². The van der Waals surface area contributed by atoms with Crippen molar-refractivity contribution < 1.29 is 17.6 Å². The number of anilines is 2. The number of sulfonamides is 1. The highest BCUT2D eigenvalue weighted by molar-refractivity contribution is 7.89. The summed E-state index contributed by atoms with van der Waals surface area (Å²) in [6, 6.07) is 10.3. The van der Waals surface area contributed by atoms with Gasteiger partial charge in [-0.25, -0.2) is 17.5 Å². The van der Waals surface area contributed by atoms with E-state index in [-0.39, 0.29) is 16.5 Å². The van der Waals surface area contributed by atoms with E-state index in [4.69, 9.17) is 0 Å². The first-order chi connectivity index (χ1) is 14.0. The summed E-state index contributed by atoms with van der Waals surface area (Å²) in [6.45, 7) is 5.26. The van der Waals surface area contributed by atoms with Gasteiger partial charge in [0.15, 0.2) is 0 Å². The van der Waals surface area contributed by atoms with Crippen molar-refractivity contribution in [3.05, 3.63) is 53.8 Å². The molecular formula is C22H28FN3O3S. The van der Waals surface area contributed by atoms with Crippen LogP contribution < -0.4 is 15.4 Å². The summed E-state index contributed by atoms with van der Waals surface area (Å²) < 4.78 is 41.8. The highest BCUT2D eigenvalue weighted by Gasteiger charge is 2.25. The minimum Gasteiger partial charge on any atom is -0.382 e. The van der Waals surface area contributed by atoms with Gasteiger partial charge in [0.05, 0.1) is 4.90 Å². The van der Waals surface area contributed by atoms with Crippen LogP contribution in [0.4, 0.5) is 15.8 Å². The van der Waals surface area contributed by atoms with E-state index >= 15 is 0 Å². The van der Waals surface area contributed by atoms with E-state index in [9.17, 15) is 17.6 Å². The van der Waals surface area contributed by atoms with Crippen LogP contribution in [0.3, 0.4) is 0 Å². The molecule has 0 bridgehead atoms. The van der Waals surface area contributed by atoms with Gasteiger partial charge in [0, 0.05) is 28.5 Å². The normalized spacial score (nSPS) is 15.2. The summed E-state index contributed by atoms with van der Waals surface area (Å²) >= 11 is 0. The van der Waals surface area contributed by atoms with Crippen molar-refractivity contribution >= 4 is 27.3 Å². The Morgan fingerprint density at radius 2 is 1.73 bits per heavy atom. The average molecular weight is 434 g/mol. The van der Waals surface area contributed by atoms with E-state index in [1.165, 1.54) is 24.3 Å². The monoisotopic (exact) mass is 433 g/mol. The Labute approximate surface area is 177 Å². The van der Waals surface area contributed by atoms with Gasteiger partial charge in [-0.1, -0.05) is 18.9 Å². The highest BCUT2D eigenvalue weighted by atomic mass is 32.2. The van der Waals surface area contributed by atoms with Gasteiger partial charge in [-0.2, -0.15) is 0 Å². The van der Waals surface area contributed by atoms with E-state index in [1.54, 1.807) is 39.0 Å². The largest absolute Gasteiger partial charge is 0.382 e. The van der Waals surface area contributed by atoms with Gasteiger partial charge >= 0.3 is 0 Å². The Bertz CT molecular complexity index is 1030. The number of rotatable bonds is 6. The Kier molecular flexibility index (Phi) is 6.47. The van der Waals surface area contributed by atoms with Crippen LogP contribution in [0.25, 0.3) is 0 Å². The smallest absolute Gasteiger partial charge is 0.255 e. The molecular weight excluding hydrogens is 405 g/mol. The van der Waals surface area contributed by atoms with Crippen LogP contribution in [-0.4, -0.2) is 25.9 Å². The van der Waals surface area contributed by atoms with Gasteiger partial charge in [-0.15, -0.1) is 0 Å². The van der Waals surface area contributed by atoms with Crippen LogP contribution in [0, 0.1) is 5.82 Å². The predicted molar refractivity (Wildman–Crippen MR) is 117 cm³/mol. The molecule has 0 aromatic heterocycles. The molecule has 162 valence electrons. The van der Waals surface area contributed by atoms with Crippen molar-refractivity contribution in [2.45, 2.75) is 62.9 Å². The van der Waals surface area contributed by atoms with Gasteiger partial charge in [-0.3, -0.25) is 4.79 Å². The average Bonchev–Trinajstić information content (AvgIpc) is 3.12. The van der Waals surface area contributed by atoms with Gasteiger partial charge < -0.3 is 10.6 Å². The fourth-order valence-electron chi connectivity index (χ4n) is 3.51. The lowest BCUT2D eigenvalue weighted by Gasteiger charge is -2.21.